The lowest BCUT2D eigenvalue weighted by Crippen LogP contribution is -2.42. The summed E-state index contributed by atoms with van der Waals surface area (Å²) in [6.45, 7) is 1.80. The Morgan fingerprint density at radius 3 is 2.61 bits per heavy atom. The van der Waals surface area contributed by atoms with Crippen molar-refractivity contribution in [1.82, 2.24) is 5.48 Å². The molecule has 0 aromatic heterocycles. The Morgan fingerprint density at radius 1 is 1.33 bits per heavy atom. The van der Waals surface area contributed by atoms with Crippen LogP contribution in [0.4, 0.5) is 4.79 Å². The molecule has 6 nitrogen and oxygen atoms in total. The number of ether oxygens (including phenoxy) is 1. The van der Waals surface area contributed by atoms with Crippen molar-refractivity contribution in [1.29, 1.82) is 0 Å². The molecule has 3 N–H and O–H groups in total. The van der Waals surface area contributed by atoms with E-state index in [-0.39, 0.29) is 6.61 Å². The van der Waals surface area contributed by atoms with Crippen LogP contribution in [0, 0.1) is 0 Å². The molecule has 6 heteroatoms. The fourth-order valence-electron chi connectivity index (χ4n) is 1.28. The number of benzene rings is 1. The molecule has 1 aromatic rings. The molecule has 0 aliphatic carbocycles. The van der Waals surface area contributed by atoms with E-state index in [0.29, 0.717) is 6.42 Å². The highest BCUT2D eigenvalue weighted by molar-refractivity contribution is 5.81. The molecular weight excluding hydrogens is 236 g/mol. The minimum Gasteiger partial charge on any atom is -0.433 e. The molecule has 0 fully saturated rings. The zero-order valence-corrected chi connectivity index (χ0v) is 10.1. The summed E-state index contributed by atoms with van der Waals surface area (Å²) in [6.07, 6.45) is -0.600. The van der Waals surface area contributed by atoms with Gasteiger partial charge >= 0.3 is 6.16 Å². The van der Waals surface area contributed by atoms with Gasteiger partial charge in [-0.1, -0.05) is 30.3 Å². The lowest BCUT2D eigenvalue weighted by Gasteiger charge is -2.11. The Kier molecular flexibility index (Phi) is 5.66. The number of hydrogen-bond donors (Lipinski definition) is 2. The van der Waals surface area contributed by atoms with E-state index in [0.717, 1.165) is 5.56 Å². The number of hydroxylamine groups is 1. The van der Waals surface area contributed by atoms with E-state index in [1.54, 1.807) is 6.92 Å². The average molecular weight is 252 g/mol. The van der Waals surface area contributed by atoms with E-state index in [4.69, 9.17) is 5.73 Å². The van der Waals surface area contributed by atoms with E-state index in [1.165, 1.54) is 0 Å². The van der Waals surface area contributed by atoms with Crippen LogP contribution in [0.2, 0.25) is 0 Å². The third-order valence-electron chi connectivity index (χ3n) is 2.13. The standard InChI is InChI=1S/C12H16N2O4/c1-2-17-12(16)18-14-11(15)10(13)8-9-6-4-3-5-7-9/h3-7,10H,2,8,13H2,1H3,(H,14,15). The van der Waals surface area contributed by atoms with Gasteiger partial charge in [0, 0.05) is 0 Å². The summed E-state index contributed by atoms with van der Waals surface area (Å²) in [5.41, 5.74) is 8.54. The minimum absolute atomic E-state index is 0.171. The summed E-state index contributed by atoms with van der Waals surface area (Å²) in [4.78, 5) is 26.7. The van der Waals surface area contributed by atoms with Gasteiger partial charge in [-0.3, -0.25) is 4.79 Å². The lowest BCUT2D eigenvalue weighted by molar-refractivity contribution is -0.132. The third-order valence-corrected chi connectivity index (χ3v) is 2.13. The van der Waals surface area contributed by atoms with Gasteiger partial charge in [-0.2, -0.15) is 5.48 Å². The Bertz CT molecular complexity index is 394. The maximum atomic E-state index is 11.5. The van der Waals surface area contributed by atoms with Crippen molar-refractivity contribution in [2.75, 3.05) is 6.61 Å². The van der Waals surface area contributed by atoms with Gasteiger partial charge in [0.25, 0.3) is 5.91 Å². The molecule has 0 saturated heterocycles. The van der Waals surface area contributed by atoms with Crippen LogP contribution >= 0.6 is 0 Å². The summed E-state index contributed by atoms with van der Waals surface area (Å²) in [5, 5.41) is 0. The van der Waals surface area contributed by atoms with Crippen molar-refractivity contribution in [2.45, 2.75) is 19.4 Å². The van der Waals surface area contributed by atoms with Crippen molar-refractivity contribution in [3.8, 4) is 0 Å². The van der Waals surface area contributed by atoms with Crippen molar-refractivity contribution < 1.29 is 19.2 Å². The second kappa shape index (κ2) is 7.29. The molecule has 0 aliphatic rings. The zero-order chi connectivity index (χ0) is 13.4. The van der Waals surface area contributed by atoms with Crippen LogP contribution in [0.1, 0.15) is 12.5 Å². The highest BCUT2D eigenvalue weighted by Crippen LogP contribution is 2.01. The van der Waals surface area contributed by atoms with E-state index in [9.17, 15) is 9.59 Å². The van der Waals surface area contributed by atoms with Gasteiger partial charge < -0.3 is 15.3 Å². The molecule has 1 unspecified atom stereocenters. The van der Waals surface area contributed by atoms with Gasteiger partial charge in [0.2, 0.25) is 0 Å². The summed E-state index contributed by atoms with van der Waals surface area (Å²) in [5.74, 6) is -0.577. The largest absolute Gasteiger partial charge is 0.533 e. The fourth-order valence-corrected chi connectivity index (χ4v) is 1.28. The van der Waals surface area contributed by atoms with Crippen molar-refractivity contribution in [3.05, 3.63) is 35.9 Å². The van der Waals surface area contributed by atoms with Gasteiger partial charge in [0.15, 0.2) is 0 Å². The molecule has 1 amide bonds. The fraction of sp³-hybridized carbons (Fsp3) is 0.333. The summed E-state index contributed by atoms with van der Waals surface area (Å²) in [7, 11) is 0. The predicted molar refractivity (Wildman–Crippen MR) is 64.4 cm³/mol. The quantitative estimate of drug-likeness (QED) is 0.610. The number of carbonyl (C=O) groups excluding carboxylic acids is 2. The maximum Gasteiger partial charge on any atom is 0.533 e. The van der Waals surface area contributed by atoms with Crippen molar-refractivity contribution in [2.24, 2.45) is 5.73 Å². The molecule has 0 radical (unpaired) electrons. The molecule has 1 atom stereocenters. The topological polar surface area (TPSA) is 90.6 Å². The van der Waals surface area contributed by atoms with Gasteiger partial charge in [-0.05, 0) is 18.9 Å². The number of nitrogens with two attached hydrogens (primary N) is 1. The molecule has 18 heavy (non-hydrogen) atoms. The Hall–Kier alpha value is -2.08. The van der Waals surface area contributed by atoms with Crippen LogP contribution in [0.15, 0.2) is 30.3 Å². The van der Waals surface area contributed by atoms with Gasteiger partial charge in [0.1, 0.15) is 0 Å². The highest BCUT2D eigenvalue weighted by atomic mass is 16.8. The first-order chi connectivity index (χ1) is 8.63. The van der Waals surface area contributed by atoms with Crippen LogP contribution in [0.5, 0.6) is 0 Å². The molecule has 0 bridgehead atoms. The monoisotopic (exact) mass is 252 g/mol. The maximum absolute atomic E-state index is 11.5. The summed E-state index contributed by atoms with van der Waals surface area (Å²) >= 11 is 0. The molecule has 0 aliphatic heterocycles. The second-order valence-electron chi connectivity index (χ2n) is 3.55. The molecule has 1 rings (SSSR count). The molecule has 0 saturated carbocycles. The lowest BCUT2D eigenvalue weighted by atomic mass is 10.1. The van der Waals surface area contributed by atoms with Crippen molar-refractivity contribution >= 4 is 12.1 Å². The summed E-state index contributed by atoms with van der Waals surface area (Å²) < 4.78 is 4.47. The van der Waals surface area contributed by atoms with E-state index in [2.05, 4.69) is 9.57 Å². The Balaban J connectivity index is 2.35. The number of nitrogens with one attached hydrogen (secondary N) is 1. The first-order valence-electron chi connectivity index (χ1n) is 5.56. The van der Waals surface area contributed by atoms with E-state index >= 15 is 0 Å². The van der Waals surface area contributed by atoms with Gasteiger partial charge in [-0.15, -0.1) is 0 Å². The van der Waals surface area contributed by atoms with E-state index < -0.39 is 18.1 Å². The number of carbonyl (C=O) groups is 2. The summed E-state index contributed by atoms with van der Waals surface area (Å²) in [6, 6.07) is 8.52. The first kappa shape index (κ1) is 14.0. The molecular formula is C12H16N2O4. The van der Waals surface area contributed by atoms with Crippen LogP contribution in [0.3, 0.4) is 0 Å². The highest BCUT2D eigenvalue weighted by Gasteiger charge is 2.16. The minimum atomic E-state index is -0.960. The Morgan fingerprint density at radius 2 is 2.00 bits per heavy atom. The smallest absolute Gasteiger partial charge is 0.433 e. The second-order valence-corrected chi connectivity index (χ2v) is 3.55. The molecule has 98 valence electrons. The molecule has 1 aromatic carbocycles. The average Bonchev–Trinajstić information content (AvgIpc) is 2.37. The SMILES string of the molecule is CCOC(=O)ONC(=O)C(N)Cc1ccccc1. The molecule has 0 heterocycles. The predicted octanol–water partition coefficient (Wildman–Crippen LogP) is 0.761. The van der Waals surface area contributed by atoms with Gasteiger partial charge in [-0.25, -0.2) is 4.79 Å². The molecule has 0 spiro atoms. The first-order valence-corrected chi connectivity index (χ1v) is 5.56. The van der Waals surface area contributed by atoms with Crippen LogP contribution < -0.4 is 11.2 Å². The zero-order valence-electron chi connectivity index (χ0n) is 10.1. The number of amides is 1. The third kappa shape index (κ3) is 4.84. The van der Waals surface area contributed by atoms with Crippen LogP contribution in [-0.4, -0.2) is 24.7 Å². The van der Waals surface area contributed by atoms with Gasteiger partial charge in [0.05, 0.1) is 12.6 Å². The Labute approximate surface area is 105 Å². The van der Waals surface area contributed by atoms with Crippen LogP contribution in [-0.2, 0) is 20.8 Å². The van der Waals surface area contributed by atoms with E-state index in [1.807, 2.05) is 35.8 Å². The number of rotatable bonds is 4. The van der Waals surface area contributed by atoms with Crippen LogP contribution in [0.25, 0.3) is 0 Å². The number of hydrogen-bond acceptors (Lipinski definition) is 5. The normalized spacial score (nSPS) is 11.4. The van der Waals surface area contributed by atoms with Crippen molar-refractivity contribution in [3.63, 3.8) is 0 Å².